The molecule has 0 aromatic heterocycles. The summed E-state index contributed by atoms with van der Waals surface area (Å²) in [6.07, 6.45) is 5.44. The van der Waals surface area contributed by atoms with E-state index in [-0.39, 0.29) is 23.8 Å². The lowest BCUT2D eigenvalue weighted by atomic mass is 9.92. The van der Waals surface area contributed by atoms with Crippen LogP contribution in [0.2, 0.25) is 0 Å². The maximum absolute atomic E-state index is 11.9. The summed E-state index contributed by atoms with van der Waals surface area (Å²) in [5.41, 5.74) is -0.464. The van der Waals surface area contributed by atoms with Gasteiger partial charge in [-0.2, -0.15) is 0 Å². The predicted octanol–water partition coefficient (Wildman–Crippen LogP) is 4.11. The standard InChI is InChI=1S/C17H32O4/c1-7-8-9-10-14(16(19)20-6)12-11-13(2)15(18)21-17(3,4)5/h13-14H,7-12H2,1-6H3. The average molecular weight is 300 g/mol. The van der Waals surface area contributed by atoms with Crippen molar-refractivity contribution in [1.29, 1.82) is 0 Å². The third-order valence-corrected chi connectivity index (χ3v) is 3.45. The van der Waals surface area contributed by atoms with Crippen molar-refractivity contribution in [2.45, 2.75) is 78.7 Å². The van der Waals surface area contributed by atoms with Gasteiger partial charge in [0.1, 0.15) is 5.60 Å². The first-order valence-electron chi connectivity index (χ1n) is 8.02. The first-order valence-corrected chi connectivity index (χ1v) is 8.02. The number of esters is 2. The molecule has 0 heterocycles. The van der Waals surface area contributed by atoms with E-state index in [2.05, 4.69) is 6.92 Å². The van der Waals surface area contributed by atoms with E-state index in [9.17, 15) is 9.59 Å². The number of hydrogen-bond donors (Lipinski definition) is 0. The highest BCUT2D eigenvalue weighted by Gasteiger charge is 2.25. The lowest BCUT2D eigenvalue weighted by Gasteiger charge is -2.23. The molecule has 2 unspecified atom stereocenters. The quantitative estimate of drug-likeness (QED) is 0.475. The second-order valence-corrected chi connectivity index (χ2v) is 6.73. The van der Waals surface area contributed by atoms with E-state index >= 15 is 0 Å². The first-order chi connectivity index (χ1) is 9.71. The van der Waals surface area contributed by atoms with Crippen LogP contribution < -0.4 is 0 Å². The number of unbranched alkanes of at least 4 members (excludes halogenated alkanes) is 2. The van der Waals surface area contributed by atoms with Gasteiger partial charge in [0, 0.05) is 0 Å². The van der Waals surface area contributed by atoms with E-state index in [1.165, 1.54) is 7.11 Å². The number of methoxy groups -OCH3 is 1. The molecule has 0 radical (unpaired) electrons. The third-order valence-electron chi connectivity index (χ3n) is 3.45. The normalized spacial score (nSPS) is 14.4. The third kappa shape index (κ3) is 9.48. The van der Waals surface area contributed by atoms with Crippen LogP contribution in [0.25, 0.3) is 0 Å². The molecule has 0 aliphatic carbocycles. The van der Waals surface area contributed by atoms with Gasteiger partial charge < -0.3 is 9.47 Å². The van der Waals surface area contributed by atoms with E-state index in [4.69, 9.17) is 9.47 Å². The molecule has 0 saturated carbocycles. The monoisotopic (exact) mass is 300 g/mol. The number of hydrogen-bond acceptors (Lipinski definition) is 4. The van der Waals surface area contributed by atoms with E-state index in [0.29, 0.717) is 12.8 Å². The van der Waals surface area contributed by atoms with Crippen molar-refractivity contribution >= 4 is 11.9 Å². The summed E-state index contributed by atoms with van der Waals surface area (Å²) < 4.78 is 10.2. The minimum Gasteiger partial charge on any atom is -0.469 e. The fraction of sp³-hybridized carbons (Fsp3) is 0.882. The lowest BCUT2D eigenvalue weighted by Crippen LogP contribution is -2.28. The van der Waals surface area contributed by atoms with Crippen molar-refractivity contribution in [3.05, 3.63) is 0 Å². The number of ether oxygens (including phenoxy) is 2. The van der Waals surface area contributed by atoms with Crippen LogP contribution in [0.1, 0.15) is 73.1 Å². The Morgan fingerprint density at radius 1 is 1.00 bits per heavy atom. The zero-order chi connectivity index (χ0) is 16.5. The van der Waals surface area contributed by atoms with Crippen molar-refractivity contribution in [2.75, 3.05) is 7.11 Å². The van der Waals surface area contributed by atoms with Gasteiger partial charge in [0.25, 0.3) is 0 Å². The summed E-state index contributed by atoms with van der Waals surface area (Å²) in [4.78, 5) is 23.7. The van der Waals surface area contributed by atoms with Crippen LogP contribution >= 0.6 is 0 Å². The van der Waals surface area contributed by atoms with Gasteiger partial charge in [-0.25, -0.2) is 0 Å². The van der Waals surface area contributed by atoms with Gasteiger partial charge in [0.05, 0.1) is 18.9 Å². The van der Waals surface area contributed by atoms with Crippen LogP contribution in [0.5, 0.6) is 0 Å². The van der Waals surface area contributed by atoms with Crippen molar-refractivity contribution in [1.82, 2.24) is 0 Å². The molecule has 124 valence electrons. The minimum absolute atomic E-state index is 0.105. The maximum Gasteiger partial charge on any atom is 0.309 e. The van der Waals surface area contributed by atoms with E-state index < -0.39 is 5.60 Å². The molecule has 0 saturated heterocycles. The van der Waals surface area contributed by atoms with Gasteiger partial charge in [-0.05, 0) is 40.0 Å². The maximum atomic E-state index is 11.9. The Kier molecular flexibility index (Phi) is 9.31. The van der Waals surface area contributed by atoms with Crippen LogP contribution in [-0.4, -0.2) is 24.6 Å². The lowest BCUT2D eigenvalue weighted by molar-refractivity contribution is -0.160. The summed E-state index contributed by atoms with van der Waals surface area (Å²) in [6, 6.07) is 0. The van der Waals surface area contributed by atoms with Crippen molar-refractivity contribution in [3.63, 3.8) is 0 Å². The Labute approximate surface area is 129 Å². The molecule has 2 atom stereocenters. The van der Waals surface area contributed by atoms with Crippen LogP contribution in [-0.2, 0) is 19.1 Å². The second kappa shape index (κ2) is 9.80. The summed E-state index contributed by atoms with van der Waals surface area (Å²) in [6.45, 7) is 9.57. The zero-order valence-corrected chi connectivity index (χ0v) is 14.5. The highest BCUT2D eigenvalue weighted by molar-refractivity contribution is 5.73. The second-order valence-electron chi connectivity index (χ2n) is 6.73. The van der Waals surface area contributed by atoms with Gasteiger partial charge in [-0.3, -0.25) is 9.59 Å². The molecular formula is C17H32O4. The van der Waals surface area contributed by atoms with Gasteiger partial charge in [-0.1, -0.05) is 33.1 Å². The fourth-order valence-electron chi connectivity index (χ4n) is 2.16. The van der Waals surface area contributed by atoms with Crippen molar-refractivity contribution < 1.29 is 19.1 Å². The van der Waals surface area contributed by atoms with Crippen molar-refractivity contribution in [2.24, 2.45) is 11.8 Å². The molecule has 0 N–H and O–H groups in total. The molecular weight excluding hydrogens is 268 g/mol. The largest absolute Gasteiger partial charge is 0.469 e. The molecule has 21 heavy (non-hydrogen) atoms. The van der Waals surface area contributed by atoms with E-state index in [0.717, 1.165) is 25.7 Å². The molecule has 0 aliphatic rings. The molecule has 0 spiro atoms. The molecule has 0 bridgehead atoms. The highest BCUT2D eigenvalue weighted by Crippen LogP contribution is 2.22. The van der Waals surface area contributed by atoms with Gasteiger partial charge in [0.15, 0.2) is 0 Å². The molecule has 4 heteroatoms. The fourth-order valence-corrected chi connectivity index (χ4v) is 2.16. The molecule has 0 aromatic rings. The van der Waals surface area contributed by atoms with Gasteiger partial charge in [0.2, 0.25) is 0 Å². The Bertz CT molecular complexity index is 317. The Balaban J connectivity index is 4.32. The topological polar surface area (TPSA) is 52.6 Å². The van der Waals surface area contributed by atoms with Crippen LogP contribution in [0.4, 0.5) is 0 Å². The van der Waals surface area contributed by atoms with Gasteiger partial charge in [-0.15, -0.1) is 0 Å². The predicted molar refractivity (Wildman–Crippen MR) is 83.9 cm³/mol. The minimum atomic E-state index is -0.464. The van der Waals surface area contributed by atoms with Gasteiger partial charge >= 0.3 is 11.9 Å². The first kappa shape index (κ1) is 19.9. The Hall–Kier alpha value is -1.06. The van der Waals surface area contributed by atoms with Crippen LogP contribution in [0.3, 0.4) is 0 Å². The Morgan fingerprint density at radius 3 is 2.10 bits per heavy atom. The number of carbonyl (C=O) groups excluding carboxylic acids is 2. The summed E-state index contributed by atoms with van der Waals surface area (Å²) >= 11 is 0. The molecule has 0 aliphatic heterocycles. The number of carbonyl (C=O) groups is 2. The van der Waals surface area contributed by atoms with E-state index in [1.54, 1.807) is 0 Å². The number of rotatable bonds is 9. The Morgan fingerprint density at radius 2 is 1.62 bits per heavy atom. The zero-order valence-electron chi connectivity index (χ0n) is 14.5. The molecule has 0 aromatic carbocycles. The molecule has 0 fully saturated rings. The van der Waals surface area contributed by atoms with Crippen molar-refractivity contribution in [3.8, 4) is 0 Å². The molecule has 0 amide bonds. The molecule has 4 nitrogen and oxygen atoms in total. The average Bonchev–Trinajstić information content (AvgIpc) is 2.39. The summed E-state index contributed by atoms with van der Waals surface area (Å²) in [5, 5.41) is 0. The summed E-state index contributed by atoms with van der Waals surface area (Å²) in [7, 11) is 1.42. The molecule has 0 rings (SSSR count). The smallest absolute Gasteiger partial charge is 0.309 e. The van der Waals surface area contributed by atoms with Crippen LogP contribution in [0, 0.1) is 11.8 Å². The summed E-state index contributed by atoms with van der Waals surface area (Å²) in [5.74, 6) is -0.656. The van der Waals surface area contributed by atoms with Crippen LogP contribution in [0.15, 0.2) is 0 Å². The highest BCUT2D eigenvalue weighted by atomic mass is 16.6. The van der Waals surface area contributed by atoms with E-state index in [1.807, 2.05) is 27.7 Å². The SMILES string of the molecule is CCCCCC(CCC(C)C(=O)OC(C)(C)C)C(=O)OC.